The molecule has 1 N–H and O–H groups in total. The third-order valence-corrected chi connectivity index (χ3v) is 2.99. The van der Waals surface area contributed by atoms with E-state index in [-0.39, 0.29) is 6.61 Å². The van der Waals surface area contributed by atoms with E-state index in [1.165, 1.54) is 6.20 Å². The first kappa shape index (κ1) is 10.8. The zero-order chi connectivity index (χ0) is 11.4. The van der Waals surface area contributed by atoms with Crippen molar-refractivity contribution in [2.75, 3.05) is 24.6 Å². The summed E-state index contributed by atoms with van der Waals surface area (Å²) < 4.78 is 0. The van der Waals surface area contributed by atoms with Gasteiger partial charge in [-0.25, -0.2) is 0 Å². The van der Waals surface area contributed by atoms with Gasteiger partial charge in [-0.15, -0.1) is 5.10 Å². The number of anilines is 1. The summed E-state index contributed by atoms with van der Waals surface area (Å²) >= 11 is 0. The number of nitrogens with zero attached hydrogens (tertiary/aromatic N) is 4. The van der Waals surface area contributed by atoms with Gasteiger partial charge in [0.05, 0.1) is 11.8 Å². The van der Waals surface area contributed by atoms with Crippen molar-refractivity contribution < 1.29 is 5.11 Å². The van der Waals surface area contributed by atoms with Gasteiger partial charge in [0.2, 0.25) is 0 Å². The van der Waals surface area contributed by atoms with Gasteiger partial charge in [0.1, 0.15) is 6.07 Å². The van der Waals surface area contributed by atoms with Crippen LogP contribution in [-0.4, -0.2) is 35.0 Å². The van der Waals surface area contributed by atoms with E-state index >= 15 is 0 Å². The fourth-order valence-electron chi connectivity index (χ4n) is 1.97. The monoisotopic (exact) mass is 218 g/mol. The first-order valence-electron chi connectivity index (χ1n) is 5.42. The zero-order valence-corrected chi connectivity index (χ0v) is 9.00. The SMILES string of the molecule is N#Cc1ccnnc1N1CCC(CO)CC1. The molecule has 0 aromatic carbocycles. The molecule has 0 spiro atoms. The molecule has 16 heavy (non-hydrogen) atoms. The Bertz CT molecular complexity index is 393. The molecule has 2 heterocycles. The average Bonchev–Trinajstić information content (AvgIpc) is 2.39. The summed E-state index contributed by atoms with van der Waals surface area (Å²) in [5.74, 6) is 1.06. The minimum Gasteiger partial charge on any atom is -0.396 e. The minimum atomic E-state index is 0.249. The molecule has 1 aromatic rings. The van der Waals surface area contributed by atoms with Gasteiger partial charge >= 0.3 is 0 Å². The minimum absolute atomic E-state index is 0.249. The molecule has 0 bridgehead atoms. The van der Waals surface area contributed by atoms with Crippen LogP contribution in [0.5, 0.6) is 0 Å². The molecule has 0 radical (unpaired) electrons. The summed E-state index contributed by atoms with van der Waals surface area (Å²) in [5, 5.41) is 25.8. The van der Waals surface area contributed by atoms with Gasteiger partial charge in [0.15, 0.2) is 5.82 Å². The van der Waals surface area contributed by atoms with E-state index in [1.54, 1.807) is 6.07 Å². The standard InChI is InChI=1S/C11H14N4O/c12-7-10-1-4-13-14-11(10)15-5-2-9(8-16)3-6-15/h1,4,9,16H,2-3,5-6,8H2. The van der Waals surface area contributed by atoms with E-state index in [1.807, 2.05) is 0 Å². The van der Waals surface area contributed by atoms with E-state index in [0.29, 0.717) is 17.3 Å². The molecule has 0 atom stereocenters. The Morgan fingerprint density at radius 2 is 2.25 bits per heavy atom. The number of piperidine rings is 1. The van der Waals surface area contributed by atoms with Crippen molar-refractivity contribution in [3.63, 3.8) is 0 Å². The lowest BCUT2D eigenvalue weighted by molar-refractivity contribution is 0.202. The normalized spacial score (nSPS) is 17.1. The molecule has 84 valence electrons. The highest BCUT2D eigenvalue weighted by Crippen LogP contribution is 2.23. The van der Waals surface area contributed by atoms with E-state index in [9.17, 15) is 0 Å². The number of rotatable bonds is 2. The average molecular weight is 218 g/mol. The second-order valence-electron chi connectivity index (χ2n) is 3.99. The van der Waals surface area contributed by atoms with Crippen molar-refractivity contribution >= 4 is 5.82 Å². The van der Waals surface area contributed by atoms with Gasteiger partial charge < -0.3 is 10.0 Å². The highest BCUT2D eigenvalue weighted by atomic mass is 16.3. The lowest BCUT2D eigenvalue weighted by Gasteiger charge is -2.31. The van der Waals surface area contributed by atoms with Gasteiger partial charge in [-0.3, -0.25) is 0 Å². The zero-order valence-electron chi connectivity index (χ0n) is 9.00. The maximum absolute atomic E-state index is 9.05. The molecule has 1 fully saturated rings. The molecule has 1 aromatic heterocycles. The maximum atomic E-state index is 9.05. The van der Waals surface area contributed by atoms with Crippen LogP contribution in [0.25, 0.3) is 0 Å². The molecule has 5 nitrogen and oxygen atoms in total. The lowest BCUT2D eigenvalue weighted by Crippen LogP contribution is -2.35. The van der Waals surface area contributed by atoms with Crippen molar-refractivity contribution in [1.82, 2.24) is 10.2 Å². The first-order chi connectivity index (χ1) is 7.85. The Balaban J connectivity index is 2.11. The predicted molar refractivity (Wildman–Crippen MR) is 58.8 cm³/mol. The maximum Gasteiger partial charge on any atom is 0.169 e. The number of aliphatic hydroxyl groups excluding tert-OH is 1. The number of hydrogen-bond acceptors (Lipinski definition) is 5. The predicted octanol–water partition coefficient (Wildman–Crippen LogP) is 0.557. The molecule has 0 amide bonds. The molecule has 0 saturated carbocycles. The Morgan fingerprint density at radius 3 is 2.88 bits per heavy atom. The molecule has 1 saturated heterocycles. The van der Waals surface area contributed by atoms with Crippen LogP contribution in [0.15, 0.2) is 12.3 Å². The van der Waals surface area contributed by atoms with Crippen molar-refractivity contribution in [3.05, 3.63) is 17.8 Å². The highest BCUT2D eigenvalue weighted by Gasteiger charge is 2.21. The molecular weight excluding hydrogens is 204 g/mol. The molecule has 0 unspecified atom stereocenters. The Labute approximate surface area is 94.3 Å². The number of aliphatic hydroxyl groups is 1. The second-order valence-corrected chi connectivity index (χ2v) is 3.99. The van der Waals surface area contributed by atoms with Gasteiger partial charge in [-0.1, -0.05) is 0 Å². The summed E-state index contributed by atoms with van der Waals surface area (Å²) in [5.41, 5.74) is 0.567. The van der Waals surface area contributed by atoms with Crippen LogP contribution in [0, 0.1) is 17.2 Å². The fraction of sp³-hybridized carbons (Fsp3) is 0.545. The van der Waals surface area contributed by atoms with Crippen LogP contribution in [-0.2, 0) is 0 Å². The largest absolute Gasteiger partial charge is 0.396 e. The summed E-state index contributed by atoms with van der Waals surface area (Å²) in [6.07, 6.45) is 3.42. The van der Waals surface area contributed by atoms with Gasteiger partial charge in [-0.05, 0) is 24.8 Å². The molecule has 2 rings (SSSR count). The Hall–Kier alpha value is -1.67. The highest BCUT2D eigenvalue weighted by molar-refractivity contribution is 5.52. The molecular formula is C11H14N4O. The van der Waals surface area contributed by atoms with Crippen molar-refractivity contribution in [3.8, 4) is 6.07 Å². The van der Waals surface area contributed by atoms with Crippen LogP contribution in [0.3, 0.4) is 0 Å². The van der Waals surface area contributed by atoms with Crippen molar-refractivity contribution in [2.24, 2.45) is 5.92 Å². The summed E-state index contributed by atoms with van der Waals surface area (Å²) in [7, 11) is 0. The van der Waals surface area contributed by atoms with Crippen LogP contribution in [0.2, 0.25) is 0 Å². The molecule has 1 aliphatic rings. The molecule has 5 heteroatoms. The fourth-order valence-corrected chi connectivity index (χ4v) is 1.97. The summed E-state index contributed by atoms with van der Waals surface area (Å²) in [6.45, 7) is 1.91. The van der Waals surface area contributed by atoms with Gasteiger partial charge in [-0.2, -0.15) is 10.4 Å². The van der Waals surface area contributed by atoms with Crippen LogP contribution in [0.1, 0.15) is 18.4 Å². The van der Waals surface area contributed by atoms with Crippen LogP contribution >= 0.6 is 0 Å². The number of nitriles is 1. The van der Waals surface area contributed by atoms with E-state index < -0.39 is 0 Å². The summed E-state index contributed by atoms with van der Waals surface area (Å²) in [4.78, 5) is 2.07. The van der Waals surface area contributed by atoms with E-state index in [4.69, 9.17) is 10.4 Å². The van der Waals surface area contributed by atoms with Gasteiger partial charge in [0, 0.05) is 19.7 Å². The van der Waals surface area contributed by atoms with Crippen molar-refractivity contribution in [2.45, 2.75) is 12.8 Å². The van der Waals surface area contributed by atoms with Gasteiger partial charge in [0.25, 0.3) is 0 Å². The first-order valence-corrected chi connectivity index (χ1v) is 5.42. The number of aromatic nitrogens is 2. The third kappa shape index (κ3) is 2.12. The summed E-state index contributed by atoms with van der Waals surface area (Å²) in [6, 6.07) is 3.81. The molecule has 1 aliphatic heterocycles. The quantitative estimate of drug-likeness (QED) is 0.785. The smallest absolute Gasteiger partial charge is 0.169 e. The second kappa shape index (κ2) is 4.90. The van der Waals surface area contributed by atoms with E-state index in [2.05, 4.69) is 21.2 Å². The van der Waals surface area contributed by atoms with Crippen molar-refractivity contribution in [1.29, 1.82) is 5.26 Å². The van der Waals surface area contributed by atoms with Crippen LogP contribution in [0.4, 0.5) is 5.82 Å². The number of hydrogen-bond donors (Lipinski definition) is 1. The Morgan fingerprint density at radius 1 is 1.50 bits per heavy atom. The topological polar surface area (TPSA) is 73.0 Å². The third-order valence-electron chi connectivity index (χ3n) is 2.99. The Kier molecular flexibility index (Phi) is 3.32. The van der Waals surface area contributed by atoms with Crippen LogP contribution < -0.4 is 4.90 Å². The van der Waals surface area contributed by atoms with E-state index in [0.717, 1.165) is 25.9 Å². The lowest BCUT2D eigenvalue weighted by atomic mass is 9.98. The molecule has 0 aliphatic carbocycles.